The van der Waals surface area contributed by atoms with Crippen molar-refractivity contribution < 1.29 is 9.52 Å². The van der Waals surface area contributed by atoms with Crippen molar-refractivity contribution in [1.29, 1.82) is 0 Å². The van der Waals surface area contributed by atoms with Gasteiger partial charge in [0.2, 0.25) is 5.89 Å². The molecular weight excluding hydrogens is 625 g/mol. The predicted octanol–water partition coefficient (Wildman–Crippen LogP) is 11.4. The maximum atomic E-state index is 10.7. The SMILES string of the molecule is Oc1ccc(-c2ccc3c(c2)C2(c4ccccc4-c4ccc(-c5ccc(-c6nc7ccccc7o6)cc5)cc42)c2ccccc2-3)c2cccnc12. The van der Waals surface area contributed by atoms with Crippen molar-refractivity contribution in [1.82, 2.24) is 9.97 Å². The molecule has 2 aliphatic carbocycles. The summed E-state index contributed by atoms with van der Waals surface area (Å²) in [6.45, 7) is 0. The Labute approximate surface area is 294 Å². The van der Waals surface area contributed by atoms with E-state index in [-0.39, 0.29) is 5.75 Å². The molecular formula is C47H28N2O2. The Kier molecular flexibility index (Phi) is 5.71. The molecule has 0 saturated carbocycles. The summed E-state index contributed by atoms with van der Waals surface area (Å²) >= 11 is 0. The van der Waals surface area contributed by atoms with Crippen LogP contribution in [0.1, 0.15) is 22.3 Å². The fourth-order valence-corrected chi connectivity index (χ4v) is 8.70. The van der Waals surface area contributed by atoms with E-state index in [2.05, 4.69) is 114 Å². The Morgan fingerprint density at radius 2 is 1.06 bits per heavy atom. The zero-order chi connectivity index (χ0) is 33.7. The normalized spacial score (nSPS) is 15.2. The first-order chi connectivity index (χ1) is 25.2. The van der Waals surface area contributed by atoms with Crippen LogP contribution in [0.5, 0.6) is 5.75 Å². The van der Waals surface area contributed by atoms with E-state index in [4.69, 9.17) is 9.40 Å². The Hall–Kier alpha value is -6.78. The Morgan fingerprint density at radius 1 is 0.471 bits per heavy atom. The van der Waals surface area contributed by atoms with E-state index < -0.39 is 5.41 Å². The van der Waals surface area contributed by atoms with Crippen molar-refractivity contribution in [2.75, 3.05) is 0 Å². The summed E-state index contributed by atoms with van der Waals surface area (Å²) in [7, 11) is 0. The quantitative estimate of drug-likeness (QED) is 0.206. The van der Waals surface area contributed by atoms with Crippen LogP contribution in [0.25, 0.3) is 78.0 Å². The molecule has 4 nitrogen and oxygen atoms in total. The van der Waals surface area contributed by atoms with Crippen LogP contribution < -0.4 is 0 Å². The van der Waals surface area contributed by atoms with Gasteiger partial charge in [-0.3, -0.25) is 4.98 Å². The van der Waals surface area contributed by atoms with Crippen LogP contribution in [0.4, 0.5) is 0 Å². The van der Waals surface area contributed by atoms with E-state index in [0.29, 0.717) is 11.4 Å². The first kappa shape index (κ1) is 28.1. The monoisotopic (exact) mass is 652 g/mol. The minimum atomic E-state index is -0.507. The Balaban J connectivity index is 1.12. The molecule has 0 amide bonds. The first-order valence-electron chi connectivity index (χ1n) is 17.2. The molecule has 1 unspecified atom stereocenters. The number of aromatic hydroxyl groups is 1. The maximum Gasteiger partial charge on any atom is 0.227 e. The van der Waals surface area contributed by atoms with Crippen LogP contribution in [-0.4, -0.2) is 15.1 Å². The number of phenolic OH excluding ortho intramolecular Hbond substituents is 1. The van der Waals surface area contributed by atoms with Crippen LogP contribution in [-0.2, 0) is 5.41 Å². The predicted molar refractivity (Wildman–Crippen MR) is 204 cm³/mol. The third-order valence-electron chi connectivity index (χ3n) is 10.9. The largest absolute Gasteiger partial charge is 0.506 e. The molecule has 7 aromatic carbocycles. The zero-order valence-corrected chi connectivity index (χ0v) is 27.3. The number of aromatic nitrogens is 2. The topological polar surface area (TPSA) is 59.2 Å². The number of hydrogen-bond donors (Lipinski definition) is 1. The number of hydrogen-bond acceptors (Lipinski definition) is 4. The number of pyridine rings is 1. The van der Waals surface area contributed by atoms with Crippen molar-refractivity contribution in [3.05, 3.63) is 186 Å². The summed E-state index contributed by atoms with van der Waals surface area (Å²) < 4.78 is 6.07. The minimum Gasteiger partial charge on any atom is -0.506 e. The van der Waals surface area contributed by atoms with Gasteiger partial charge in [-0.05, 0) is 121 Å². The fourth-order valence-electron chi connectivity index (χ4n) is 8.70. The lowest BCUT2D eigenvalue weighted by Gasteiger charge is -2.31. The van der Waals surface area contributed by atoms with E-state index in [0.717, 1.165) is 44.3 Å². The molecule has 9 aromatic rings. The summed E-state index contributed by atoms with van der Waals surface area (Å²) in [4.78, 5) is 9.23. The zero-order valence-electron chi connectivity index (χ0n) is 27.3. The van der Waals surface area contributed by atoms with Crippen molar-refractivity contribution >= 4 is 22.0 Å². The second-order valence-electron chi connectivity index (χ2n) is 13.5. The average molecular weight is 653 g/mol. The molecule has 11 rings (SSSR count). The Morgan fingerprint density at radius 3 is 1.80 bits per heavy atom. The van der Waals surface area contributed by atoms with Gasteiger partial charge in [0, 0.05) is 17.1 Å². The molecule has 1 N–H and O–H groups in total. The van der Waals surface area contributed by atoms with Gasteiger partial charge >= 0.3 is 0 Å². The molecule has 0 radical (unpaired) electrons. The highest BCUT2D eigenvalue weighted by Gasteiger charge is 2.51. The summed E-state index contributed by atoms with van der Waals surface area (Å²) in [6, 6.07) is 55.7. The molecule has 2 aliphatic rings. The smallest absolute Gasteiger partial charge is 0.227 e. The molecule has 0 fully saturated rings. The average Bonchev–Trinajstić information content (AvgIpc) is 3.85. The molecule has 238 valence electrons. The molecule has 0 aliphatic heterocycles. The van der Waals surface area contributed by atoms with Gasteiger partial charge in [-0.15, -0.1) is 0 Å². The van der Waals surface area contributed by atoms with Crippen LogP contribution in [0.15, 0.2) is 168 Å². The van der Waals surface area contributed by atoms with Crippen molar-refractivity contribution in [2.45, 2.75) is 5.41 Å². The van der Waals surface area contributed by atoms with Gasteiger partial charge in [0.15, 0.2) is 5.58 Å². The highest BCUT2D eigenvalue weighted by molar-refractivity contribution is 6.00. The number of nitrogens with zero attached hydrogens (tertiary/aromatic N) is 2. The number of benzene rings is 7. The van der Waals surface area contributed by atoms with Crippen LogP contribution in [0.2, 0.25) is 0 Å². The highest BCUT2D eigenvalue weighted by Crippen LogP contribution is 2.63. The van der Waals surface area contributed by atoms with E-state index >= 15 is 0 Å². The van der Waals surface area contributed by atoms with Crippen LogP contribution >= 0.6 is 0 Å². The molecule has 4 heteroatoms. The Bertz CT molecular complexity index is 2840. The molecule has 2 heterocycles. The molecule has 2 aromatic heterocycles. The summed E-state index contributed by atoms with van der Waals surface area (Å²) in [5.41, 5.74) is 17.3. The first-order valence-corrected chi connectivity index (χ1v) is 17.2. The molecule has 1 atom stereocenters. The van der Waals surface area contributed by atoms with Crippen molar-refractivity contribution in [3.8, 4) is 61.7 Å². The lowest BCUT2D eigenvalue weighted by molar-refractivity contribution is 0.480. The van der Waals surface area contributed by atoms with E-state index in [1.807, 2.05) is 42.5 Å². The summed E-state index contributed by atoms with van der Waals surface area (Å²) in [5, 5.41) is 11.6. The van der Waals surface area contributed by atoms with Gasteiger partial charge in [0.05, 0.1) is 5.41 Å². The van der Waals surface area contributed by atoms with E-state index in [1.54, 1.807) is 12.3 Å². The van der Waals surface area contributed by atoms with E-state index in [9.17, 15) is 5.11 Å². The minimum absolute atomic E-state index is 0.187. The number of para-hydroxylation sites is 2. The fraction of sp³-hybridized carbons (Fsp3) is 0.0213. The van der Waals surface area contributed by atoms with Gasteiger partial charge in [0.1, 0.15) is 16.8 Å². The van der Waals surface area contributed by atoms with E-state index in [1.165, 1.54) is 44.5 Å². The standard InChI is InChI=1S/C47H28N2O2/c50-43-24-23-32(37-10-7-25-48-45(37)43)31-20-22-36-34-9-2-4-12-39(34)47(41(36)27-31)38-11-3-1-8-33(38)35-21-19-30(26-40(35)47)28-15-17-29(18-16-28)46-49-42-13-5-6-14-44(42)51-46/h1-27,50H. The lowest BCUT2D eigenvalue weighted by Crippen LogP contribution is -2.26. The lowest BCUT2D eigenvalue weighted by atomic mass is 9.70. The summed E-state index contributed by atoms with van der Waals surface area (Å²) in [5.74, 6) is 0.811. The number of phenols is 1. The van der Waals surface area contributed by atoms with Gasteiger partial charge < -0.3 is 9.52 Å². The number of fused-ring (bicyclic) bond motifs is 12. The second-order valence-corrected chi connectivity index (χ2v) is 13.5. The van der Waals surface area contributed by atoms with Crippen LogP contribution in [0.3, 0.4) is 0 Å². The maximum absolute atomic E-state index is 10.7. The van der Waals surface area contributed by atoms with Gasteiger partial charge in [0.25, 0.3) is 0 Å². The third kappa shape index (κ3) is 3.84. The van der Waals surface area contributed by atoms with Gasteiger partial charge in [-0.2, -0.15) is 0 Å². The number of oxazole rings is 1. The molecule has 0 bridgehead atoms. The summed E-state index contributed by atoms with van der Waals surface area (Å²) in [6.07, 6.45) is 1.73. The molecule has 0 saturated heterocycles. The second kappa shape index (κ2) is 10.4. The van der Waals surface area contributed by atoms with Crippen LogP contribution in [0, 0.1) is 0 Å². The van der Waals surface area contributed by atoms with Crippen molar-refractivity contribution in [3.63, 3.8) is 0 Å². The van der Waals surface area contributed by atoms with Crippen molar-refractivity contribution in [2.24, 2.45) is 0 Å². The molecule has 51 heavy (non-hydrogen) atoms. The van der Waals surface area contributed by atoms with Gasteiger partial charge in [-0.25, -0.2) is 4.98 Å². The van der Waals surface area contributed by atoms with Gasteiger partial charge in [-0.1, -0.05) is 103 Å². The highest BCUT2D eigenvalue weighted by atomic mass is 16.3. The number of rotatable bonds is 3. The molecule has 1 spiro atoms. The third-order valence-corrected chi connectivity index (χ3v) is 10.9.